The first-order chi connectivity index (χ1) is 13.6. The number of rotatable bonds is 5. The Bertz CT molecular complexity index is 875. The number of hydrogen-bond acceptors (Lipinski definition) is 3. The fraction of sp³-hybridized carbons (Fsp3) is 0.348. The number of nitrogens with zero attached hydrogens (tertiary/aromatic N) is 1. The summed E-state index contributed by atoms with van der Waals surface area (Å²) in [5.74, 6) is -0.163. The topological polar surface area (TPSA) is 82.0 Å². The molecule has 0 aliphatic heterocycles. The van der Waals surface area contributed by atoms with Crippen molar-refractivity contribution in [3.8, 4) is 6.07 Å². The number of hydrogen-bond donors (Lipinski definition) is 2. The Morgan fingerprint density at radius 2 is 1.57 bits per heavy atom. The van der Waals surface area contributed by atoms with Crippen LogP contribution >= 0.6 is 0 Å². The molecule has 144 valence electrons. The maximum absolute atomic E-state index is 12.5. The first-order valence-electron chi connectivity index (χ1n) is 9.70. The second-order valence-electron chi connectivity index (χ2n) is 7.40. The molecule has 1 saturated carbocycles. The molecule has 1 fully saturated rings. The normalized spacial score (nSPS) is 18.7. The zero-order valence-corrected chi connectivity index (χ0v) is 16.1. The molecule has 0 radical (unpaired) electrons. The van der Waals surface area contributed by atoms with E-state index in [0.29, 0.717) is 43.5 Å². The first kappa shape index (κ1) is 19.6. The van der Waals surface area contributed by atoms with Crippen LogP contribution in [0.15, 0.2) is 48.5 Å². The Hall–Kier alpha value is -3.13. The van der Waals surface area contributed by atoms with Crippen LogP contribution in [-0.4, -0.2) is 11.8 Å². The van der Waals surface area contributed by atoms with Gasteiger partial charge in [-0.25, -0.2) is 0 Å². The molecule has 0 spiro atoms. The molecule has 5 heteroatoms. The number of anilines is 1. The third-order valence-corrected chi connectivity index (χ3v) is 5.36. The summed E-state index contributed by atoms with van der Waals surface area (Å²) in [6, 6.07) is 17.2. The average Bonchev–Trinajstić information content (AvgIpc) is 2.73. The highest BCUT2D eigenvalue weighted by Gasteiger charge is 2.30. The van der Waals surface area contributed by atoms with Gasteiger partial charge in [0.1, 0.15) is 6.07 Å². The number of para-hydroxylation sites is 1. The molecule has 0 saturated heterocycles. The van der Waals surface area contributed by atoms with Crippen molar-refractivity contribution in [1.29, 1.82) is 5.26 Å². The smallest absolute Gasteiger partial charge is 0.227 e. The van der Waals surface area contributed by atoms with E-state index < -0.39 is 0 Å². The summed E-state index contributed by atoms with van der Waals surface area (Å²) >= 11 is 0. The predicted octanol–water partition coefficient (Wildman–Crippen LogP) is 3.93. The van der Waals surface area contributed by atoms with Gasteiger partial charge in [0.2, 0.25) is 11.8 Å². The zero-order valence-electron chi connectivity index (χ0n) is 16.1. The third-order valence-electron chi connectivity index (χ3n) is 5.36. The average molecular weight is 375 g/mol. The molecule has 0 atom stereocenters. The summed E-state index contributed by atoms with van der Waals surface area (Å²) in [4.78, 5) is 25.0. The SMILES string of the molecule is Cc1ccc(CNC(=O)C2CCC(C(=O)Nc3ccccc3C#N)CC2)cc1. The van der Waals surface area contributed by atoms with Gasteiger partial charge < -0.3 is 10.6 Å². The standard InChI is InChI=1S/C23H25N3O2/c1-16-6-8-17(9-7-16)15-25-22(27)18-10-12-19(13-11-18)23(28)26-21-5-3-2-4-20(21)14-24/h2-9,18-19H,10-13,15H2,1H3,(H,25,27)(H,26,28). The lowest BCUT2D eigenvalue weighted by atomic mass is 9.81. The number of nitrogens with one attached hydrogen (secondary N) is 2. The van der Waals surface area contributed by atoms with Crippen molar-refractivity contribution in [2.45, 2.75) is 39.2 Å². The molecule has 2 amide bonds. The molecule has 3 rings (SSSR count). The Morgan fingerprint density at radius 1 is 0.964 bits per heavy atom. The van der Waals surface area contributed by atoms with Crippen LogP contribution in [0.2, 0.25) is 0 Å². The molecular formula is C23H25N3O2. The number of carbonyl (C=O) groups excluding carboxylic acids is 2. The van der Waals surface area contributed by atoms with E-state index >= 15 is 0 Å². The summed E-state index contributed by atoms with van der Waals surface area (Å²) in [7, 11) is 0. The van der Waals surface area contributed by atoms with Crippen LogP contribution < -0.4 is 10.6 Å². The van der Waals surface area contributed by atoms with Crippen molar-refractivity contribution in [3.63, 3.8) is 0 Å². The molecule has 0 unspecified atom stereocenters. The van der Waals surface area contributed by atoms with Crippen LogP contribution in [-0.2, 0) is 16.1 Å². The van der Waals surface area contributed by atoms with Crippen LogP contribution in [0.25, 0.3) is 0 Å². The van der Waals surface area contributed by atoms with E-state index in [1.54, 1.807) is 24.3 Å². The number of nitriles is 1. The predicted molar refractivity (Wildman–Crippen MR) is 108 cm³/mol. The van der Waals surface area contributed by atoms with E-state index in [1.807, 2.05) is 31.2 Å². The van der Waals surface area contributed by atoms with Crippen molar-refractivity contribution in [3.05, 3.63) is 65.2 Å². The Kier molecular flexibility index (Phi) is 6.44. The van der Waals surface area contributed by atoms with Gasteiger partial charge >= 0.3 is 0 Å². The fourth-order valence-electron chi connectivity index (χ4n) is 3.58. The van der Waals surface area contributed by atoms with E-state index in [0.717, 1.165) is 5.56 Å². The van der Waals surface area contributed by atoms with Crippen molar-refractivity contribution < 1.29 is 9.59 Å². The van der Waals surface area contributed by atoms with E-state index in [4.69, 9.17) is 5.26 Å². The lowest BCUT2D eigenvalue weighted by molar-refractivity contribution is -0.128. The van der Waals surface area contributed by atoms with E-state index in [9.17, 15) is 9.59 Å². The number of aryl methyl sites for hydroxylation is 1. The van der Waals surface area contributed by atoms with Gasteiger partial charge in [-0.1, -0.05) is 42.0 Å². The highest BCUT2D eigenvalue weighted by atomic mass is 16.2. The maximum atomic E-state index is 12.5. The highest BCUT2D eigenvalue weighted by molar-refractivity contribution is 5.94. The summed E-state index contributed by atoms with van der Waals surface area (Å²) in [5.41, 5.74) is 3.29. The maximum Gasteiger partial charge on any atom is 0.227 e. The highest BCUT2D eigenvalue weighted by Crippen LogP contribution is 2.30. The minimum absolute atomic E-state index is 0.0408. The van der Waals surface area contributed by atoms with Crippen LogP contribution in [0.3, 0.4) is 0 Å². The molecular weight excluding hydrogens is 350 g/mol. The zero-order chi connectivity index (χ0) is 19.9. The third kappa shape index (κ3) is 4.98. The van der Waals surface area contributed by atoms with Gasteiger partial charge in [0.25, 0.3) is 0 Å². The second kappa shape index (κ2) is 9.18. The van der Waals surface area contributed by atoms with Crippen molar-refractivity contribution in [2.24, 2.45) is 11.8 Å². The molecule has 5 nitrogen and oxygen atoms in total. The monoisotopic (exact) mass is 375 g/mol. The van der Waals surface area contributed by atoms with Gasteiger partial charge in [-0.05, 0) is 50.3 Å². The Labute approximate surface area is 165 Å². The van der Waals surface area contributed by atoms with Gasteiger partial charge in [0, 0.05) is 18.4 Å². The molecule has 1 aliphatic carbocycles. The largest absolute Gasteiger partial charge is 0.352 e. The summed E-state index contributed by atoms with van der Waals surface area (Å²) in [5, 5.41) is 15.0. The summed E-state index contributed by atoms with van der Waals surface area (Å²) in [6.45, 7) is 2.57. The number of amides is 2. The van der Waals surface area contributed by atoms with Crippen molar-refractivity contribution in [2.75, 3.05) is 5.32 Å². The van der Waals surface area contributed by atoms with Gasteiger partial charge in [-0.3, -0.25) is 9.59 Å². The molecule has 2 aromatic rings. The quantitative estimate of drug-likeness (QED) is 0.831. The molecule has 0 aromatic heterocycles. The lowest BCUT2D eigenvalue weighted by Crippen LogP contribution is -2.35. The minimum Gasteiger partial charge on any atom is -0.352 e. The number of carbonyl (C=O) groups is 2. The second-order valence-corrected chi connectivity index (χ2v) is 7.40. The molecule has 28 heavy (non-hydrogen) atoms. The molecule has 1 aliphatic rings. The molecule has 2 N–H and O–H groups in total. The number of benzene rings is 2. The summed E-state index contributed by atoms with van der Waals surface area (Å²) in [6.07, 6.45) is 2.78. The minimum atomic E-state index is -0.118. The summed E-state index contributed by atoms with van der Waals surface area (Å²) < 4.78 is 0. The van der Waals surface area contributed by atoms with Gasteiger partial charge in [0.15, 0.2) is 0 Å². The van der Waals surface area contributed by atoms with Crippen LogP contribution in [0.4, 0.5) is 5.69 Å². The molecule has 0 heterocycles. The Morgan fingerprint density at radius 3 is 2.21 bits per heavy atom. The van der Waals surface area contributed by atoms with Gasteiger partial charge in [-0.15, -0.1) is 0 Å². The van der Waals surface area contributed by atoms with E-state index in [2.05, 4.69) is 16.7 Å². The van der Waals surface area contributed by atoms with Crippen LogP contribution in [0, 0.1) is 30.1 Å². The molecule has 2 aromatic carbocycles. The van der Waals surface area contributed by atoms with Gasteiger partial charge in [0.05, 0.1) is 11.3 Å². The van der Waals surface area contributed by atoms with Crippen molar-refractivity contribution >= 4 is 17.5 Å². The van der Waals surface area contributed by atoms with Crippen molar-refractivity contribution in [1.82, 2.24) is 5.32 Å². The van der Waals surface area contributed by atoms with E-state index in [1.165, 1.54) is 5.56 Å². The lowest BCUT2D eigenvalue weighted by Gasteiger charge is -2.27. The fourth-order valence-corrected chi connectivity index (χ4v) is 3.58. The van der Waals surface area contributed by atoms with Crippen LogP contribution in [0.5, 0.6) is 0 Å². The molecule has 0 bridgehead atoms. The van der Waals surface area contributed by atoms with Crippen LogP contribution in [0.1, 0.15) is 42.4 Å². The Balaban J connectivity index is 1.47. The first-order valence-corrected chi connectivity index (χ1v) is 9.70. The van der Waals surface area contributed by atoms with Gasteiger partial charge in [-0.2, -0.15) is 5.26 Å². The van der Waals surface area contributed by atoms with E-state index in [-0.39, 0.29) is 23.7 Å².